The molecule has 0 aromatic heterocycles. The summed E-state index contributed by atoms with van der Waals surface area (Å²) in [5.41, 5.74) is 0. The van der Waals surface area contributed by atoms with Crippen molar-refractivity contribution in [3.05, 3.63) is 0 Å². The Kier molecular flexibility index (Phi) is 3.18. The van der Waals surface area contributed by atoms with Crippen molar-refractivity contribution in [2.75, 3.05) is 13.1 Å². The maximum atomic E-state index is 13.3. The summed E-state index contributed by atoms with van der Waals surface area (Å²) in [5, 5.41) is -0.0506. The van der Waals surface area contributed by atoms with E-state index in [1.54, 1.807) is 0 Å². The van der Waals surface area contributed by atoms with Gasteiger partial charge in [-0.3, -0.25) is 4.67 Å². The monoisotopic (exact) mass is 231 g/mol. The Labute approximate surface area is 94.9 Å². The van der Waals surface area contributed by atoms with Gasteiger partial charge in [0.25, 0.3) is 0 Å². The molecule has 0 spiro atoms. The van der Waals surface area contributed by atoms with Gasteiger partial charge in [-0.2, -0.15) is 0 Å². The van der Waals surface area contributed by atoms with Gasteiger partial charge in [-0.1, -0.05) is 48.5 Å². The van der Waals surface area contributed by atoms with Gasteiger partial charge >= 0.3 is 0 Å². The van der Waals surface area contributed by atoms with Crippen LogP contribution in [0.4, 0.5) is 0 Å². The average Bonchev–Trinajstić information content (AvgIpc) is 2.17. The average molecular weight is 231 g/mol. The zero-order valence-corrected chi connectivity index (χ0v) is 12.2. The van der Waals surface area contributed by atoms with Crippen molar-refractivity contribution in [3.63, 3.8) is 0 Å². The van der Waals surface area contributed by atoms with Gasteiger partial charge in [-0.05, 0) is 5.92 Å². The third kappa shape index (κ3) is 1.31. The van der Waals surface area contributed by atoms with Crippen LogP contribution in [0.25, 0.3) is 0 Å². The van der Waals surface area contributed by atoms with Crippen LogP contribution in [0.1, 0.15) is 48.5 Å². The smallest absolute Gasteiger partial charge is 0.161 e. The van der Waals surface area contributed by atoms with Crippen molar-refractivity contribution < 1.29 is 4.57 Å². The van der Waals surface area contributed by atoms with Gasteiger partial charge in [0.15, 0.2) is 7.29 Å². The van der Waals surface area contributed by atoms with Gasteiger partial charge in [0.1, 0.15) is 0 Å². The highest BCUT2D eigenvalue weighted by atomic mass is 31.2. The molecule has 0 aromatic carbocycles. The van der Waals surface area contributed by atoms with Crippen molar-refractivity contribution in [2.45, 2.75) is 58.8 Å². The van der Waals surface area contributed by atoms with Crippen molar-refractivity contribution >= 4 is 7.29 Å². The first-order chi connectivity index (χ1) is 6.67. The molecule has 90 valence electrons. The normalized spacial score (nSPS) is 37.7. The molecule has 1 fully saturated rings. The fourth-order valence-electron chi connectivity index (χ4n) is 3.42. The largest absolute Gasteiger partial charge is 0.305 e. The fourth-order valence-corrected chi connectivity index (χ4v) is 8.65. The van der Waals surface area contributed by atoms with E-state index in [1.165, 1.54) is 0 Å². The minimum Gasteiger partial charge on any atom is -0.305 e. The molecule has 15 heavy (non-hydrogen) atoms. The summed E-state index contributed by atoms with van der Waals surface area (Å²) < 4.78 is 15.5. The second-order valence-corrected chi connectivity index (χ2v) is 9.77. The van der Waals surface area contributed by atoms with Gasteiger partial charge in [-0.25, -0.2) is 0 Å². The highest BCUT2D eigenvalue weighted by molar-refractivity contribution is 7.66. The van der Waals surface area contributed by atoms with Crippen molar-refractivity contribution in [2.24, 2.45) is 5.92 Å². The lowest BCUT2D eigenvalue weighted by Crippen LogP contribution is -2.61. The second kappa shape index (κ2) is 3.60. The van der Waals surface area contributed by atoms with E-state index < -0.39 is 7.29 Å². The Morgan fingerprint density at radius 2 is 1.40 bits per heavy atom. The Hall–Kier alpha value is 0.190. The third-order valence-corrected chi connectivity index (χ3v) is 10.1. The number of rotatable bonds is 3. The van der Waals surface area contributed by atoms with Crippen LogP contribution in [0.5, 0.6) is 0 Å². The van der Waals surface area contributed by atoms with Crippen LogP contribution < -0.4 is 0 Å². The predicted molar refractivity (Wildman–Crippen MR) is 67.8 cm³/mol. The molecule has 3 heteroatoms. The van der Waals surface area contributed by atoms with Crippen LogP contribution in [0, 0.1) is 5.92 Å². The molecule has 1 aliphatic rings. The summed E-state index contributed by atoms with van der Waals surface area (Å²) in [4.78, 5) is 0. The first kappa shape index (κ1) is 13.3. The SMILES string of the molecule is CCN(CC)P1(=O)C(C)(C)C(C)C1(C)C. The molecule has 1 aliphatic heterocycles. The topological polar surface area (TPSA) is 20.3 Å². The van der Waals surface area contributed by atoms with Gasteiger partial charge in [0.05, 0.1) is 0 Å². The minimum absolute atomic E-state index is 0.0253. The summed E-state index contributed by atoms with van der Waals surface area (Å²) in [6.45, 7) is 16.9. The van der Waals surface area contributed by atoms with E-state index in [0.29, 0.717) is 5.92 Å². The van der Waals surface area contributed by atoms with E-state index in [-0.39, 0.29) is 10.3 Å². The zero-order chi connectivity index (χ0) is 12.1. The van der Waals surface area contributed by atoms with Gasteiger partial charge < -0.3 is 4.57 Å². The lowest BCUT2D eigenvalue weighted by atomic mass is 9.83. The molecule has 0 aliphatic carbocycles. The van der Waals surface area contributed by atoms with Crippen LogP contribution in [0.2, 0.25) is 0 Å². The Morgan fingerprint density at radius 3 is 1.67 bits per heavy atom. The lowest BCUT2D eigenvalue weighted by Gasteiger charge is -2.65. The first-order valence-corrected chi connectivity index (χ1v) is 7.69. The van der Waals surface area contributed by atoms with E-state index in [4.69, 9.17) is 0 Å². The van der Waals surface area contributed by atoms with Crippen molar-refractivity contribution in [1.29, 1.82) is 0 Å². The summed E-state index contributed by atoms with van der Waals surface area (Å²) in [6, 6.07) is 0. The Bertz CT molecular complexity index is 272. The summed E-state index contributed by atoms with van der Waals surface area (Å²) in [7, 11) is -2.23. The molecule has 0 radical (unpaired) electrons. The maximum absolute atomic E-state index is 13.3. The molecule has 1 heterocycles. The molecule has 0 saturated carbocycles. The molecule has 0 atom stereocenters. The molecule has 1 saturated heterocycles. The maximum Gasteiger partial charge on any atom is 0.161 e. The predicted octanol–water partition coefficient (Wildman–Crippen LogP) is 3.81. The lowest BCUT2D eigenvalue weighted by molar-refractivity contribution is 0.229. The first-order valence-electron chi connectivity index (χ1n) is 6.03. The van der Waals surface area contributed by atoms with E-state index in [1.807, 2.05) is 0 Å². The second-order valence-electron chi connectivity index (χ2n) is 5.74. The van der Waals surface area contributed by atoms with E-state index in [2.05, 4.69) is 53.1 Å². The van der Waals surface area contributed by atoms with Crippen LogP contribution in [-0.4, -0.2) is 28.1 Å². The standard InChI is InChI=1S/C12H26NOP/c1-8-13(9-2)15(14)11(4,5)10(3)12(15,6)7/h10H,8-9H2,1-7H3. The van der Waals surface area contributed by atoms with Crippen molar-refractivity contribution in [1.82, 2.24) is 4.67 Å². The highest BCUT2D eigenvalue weighted by Gasteiger charge is 2.69. The molecule has 0 N–H and O–H groups in total. The summed E-state index contributed by atoms with van der Waals surface area (Å²) in [5.74, 6) is 0.524. The Morgan fingerprint density at radius 1 is 1.07 bits per heavy atom. The summed E-state index contributed by atoms with van der Waals surface area (Å²) in [6.07, 6.45) is 0. The van der Waals surface area contributed by atoms with E-state index in [9.17, 15) is 4.57 Å². The fraction of sp³-hybridized carbons (Fsp3) is 1.00. The molecule has 0 amide bonds. The number of nitrogens with zero attached hydrogens (tertiary/aromatic N) is 1. The molecular weight excluding hydrogens is 205 g/mol. The molecule has 0 bridgehead atoms. The van der Waals surface area contributed by atoms with E-state index in [0.717, 1.165) is 13.1 Å². The summed E-state index contributed by atoms with van der Waals surface area (Å²) >= 11 is 0. The van der Waals surface area contributed by atoms with E-state index >= 15 is 0 Å². The molecule has 0 aromatic rings. The number of hydrogen-bond acceptors (Lipinski definition) is 1. The van der Waals surface area contributed by atoms with Gasteiger partial charge in [0, 0.05) is 23.4 Å². The molecule has 2 nitrogen and oxygen atoms in total. The zero-order valence-electron chi connectivity index (χ0n) is 11.3. The van der Waals surface area contributed by atoms with Crippen molar-refractivity contribution in [3.8, 4) is 0 Å². The highest BCUT2D eigenvalue weighted by Crippen LogP contribution is 2.83. The molecule has 0 unspecified atom stereocenters. The van der Waals surface area contributed by atoms with Crippen LogP contribution in [-0.2, 0) is 4.57 Å². The third-order valence-electron chi connectivity index (χ3n) is 4.81. The van der Waals surface area contributed by atoms with Crippen LogP contribution in [0.3, 0.4) is 0 Å². The quantitative estimate of drug-likeness (QED) is 0.688. The van der Waals surface area contributed by atoms with Gasteiger partial charge in [-0.15, -0.1) is 0 Å². The molecule has 1 rings (SSSR count). The van der Waals surface area contributed by atoms with Crippen LogP contribution >= 0.6 is 7.29 Å². The molecular formula is C12H26NOP. The van der Waals surface area contributed by atoms with Gasteiger partial charge in [0.2, 0.25) is 0 Å². The van der Waals surface area contributed by atoms with Crippen LogP contribution in [0.15, 0.2) is 0 Å². The number of hydrogen-bond donors (Lipinski definition) is 0. The minimum atomic E-state index is -2.23. The Balaban J connectivity index is 3.17.